The number of halogens is 1. The number of carbonyl (C=O) groups is 1. The molecule has 3 nitrogen and oxygen atoms in total. The average molecular weight is 288 g/mol. The summed E-state index contributed by atoms with van der Waals surface area (Å²) < 4.78 is 5.23. The molecule has 1 unspecified atom stereocenters. The van der Waals surface area contributed by atoms with Gasteiger partial charge in [0.15, 0.2) is 0 Å². The van der Waals surface area contributed by atoms with Gasteiger partial charge in [-0.3, -0.25) is 4.79 Å². The molecule has 0 fully saturated rings. The lowest BCUT2D eigenvalue weighted by Gasteiger charge is -2.21. The van der Waals surface area contributed by atoms with Crippen LogP contribution in [0.1, 0.15) is 29.2 Å². The van der Waals surface area contributed by atoms with Crippen LogP contribution in [0.15, 0.2) is 11.4 Å². The average Bonchev–Trinajstić information content (AvgIpc) is 2.86. The van der Waals surface area contributed by atoms with E-state index in [1.807, 2.05) is 0 Å². The van der Waals surface area contributed by atoms with Crippen LogP contribution in [0.25, 0.3) is 0 Å². The van der Waals surface area contributed by atoms with Crippen LogP contribution >= 0.6 is 22.9 Å². The van der Waals surface area contributed by atoms with E-state index in [0.29, 0.717) is 25.6 Å². The van der Waals surface area contributed by atoms with Gasteiger partial charge < -0.3 is 10.1 Å². The predicted molar refractivity (Wildman–Crippen MR) is 74.5 cm³/mol. The Bertz CT molecular complexity index is 394. The lowest BCUT2D eigenvalue weighted by molar-refractivity contribution is -0.123. The number of ether oxygens (including phenoxy) is 1. The van der Waals surface area contributed by atoms with E-state index in [1.165, 1.54) is 10.4 Å². The number of alkyl halides is 1. The Kier molecular flexibility index (Phi) is 5.47. The molecule has 1 N–H and O–H groups in total. The fraction of sp³-hybridized carbons (Fsp3) is 0.615. The fourth-order valence-electron chi connectivity index (χ4n) is 2.28. The minimum Gasteiger partial charge on any atom is -0.378 e. The highest BCUT2D eigenvalue weighted by Crippen LogP contribution is 2.34. The normalized spacial score (nSPS) is 18.4. The van der Waals surface area contributed by atoms with E-state index in [0.717, 1.165) is 19.3 Å². The summed E-state index contributed by atoms with van der Waals surface area (Å²) in [5, 5.41) is 5.02. The Morgan fingerprint density at radius 1 is 1.56 bits per heavy atom. The minimum absolute atomic E-state index is 0.0352. The van der Waals surface area contributed by atoms with Crippen molar-refractivity contribution in [1.82, 2.24) is 5.32 Å². The van der Waals surface area contributed by atoms with E-state index < -0.39 is 0 Å². The highest BCUT2D eigenvalue weighted by Gasteiger charge is 2.26. The first-order valence-electron chi connectivity index (χ1n) is 6.30. The zero-order valence-corrected chi connectivity index (χ0v) is 11.9. The van der Waals surface area contributed by atoms with Crippen molar-refractivity contribution >= 4 is 28.8 Å². The van der Waals surface area contributed by atoms with E-state index in [9.17, 15) is 4.79 Å². The first-order chi connectivity index (χ1) is 8.83. The number of amides is 1. The maximum atomic E-state index is 12.1. The molecule has 1 heterocycles. The molecule has 0 spiro atoms. The van der Waals surface area contributed by atoms with E-state index in [4.69, 9.17) is 16.3 Å². The van der Waals surface area contributed by atoms with Crippen LogP contribution in [0.3, 0.4) is 0 Å². The van der Waals surface area contributed by atoms with Gasteiger partial charge in [-0.1, -0.05) is 0 Å². The summed E-state index contributed by atoms with van der Waals surface area (Å²) in [5.41, 5.74) is 1.23. The van der Waals surface area contributed by atoms with Gasteiger partial charge in [-0.05, 0) is 36.3 Å². The first kappa shape index (κ1) is 13.8. The third kappa shape index (κ3) is 3.46. The highest BCUT2D eigenvalue weighted by atomic mass is 35.5. The SMILES string of the molecule is O=C(NCCOCCCl)C1CCCc2sccc21. The summed E-state index contributed by atoms with van der Waals surface area (Å²) >= 11 is 7.26. The van der Waals surface area contributed by atoms with Gasteiger partial charge in [-0.25, -0.2) is 0 Å². The quantitative estimate of drug-likeness (QED) is 0.645. The summed E-state index contributed by atoms with van der Waals surface area (Å²) in [4.78, 5) is 13.5. The smallest absolute Gasteiger partial charge is 0.227 e. The van der Waals surface area contributed by atoms with Gasteiger partial charge in [0.05, 0.1) is 19.1 Å². The fourth-order valence-corrected chi connectivity index (χ4v) is 3.38. The molecule has 0 aromatic carbocycles. The topological polar surface area (TPSA) is 38.3 Å². The Morgan fingerprint density at radius 3 is 3.28 bits per heavy atom. The number of rotatable bonds is 6. The molecule has 1 aliphatic rings. The van der Waals surface area contributed by atoms with Gasteiger partial charge in [-0.15, -0.1) is 22.9 Å². The number of hydrogen-bond acceptors (Lipinski definition) is 3. The summed E-state index contributed by atoms with van der Waals surface area (Å²) in [6, 6.07) is 2.09. The van der Waals surface area contributed by atoms with Gasteiger partial charge in [0.2, 0.25) is 5.91 Å². The van der Waals surface area contributed by atoms with Crippen molar-refractivity contribution in [3.05, 3.63) is 21.9 Å². The maximum absolute atomic E-state index is 12.1. The van der Waals surface area contributed by atoms with Crippen molar-refractivity contribution in [2.75, 3.05) is 25.6 Å². The zero-order valence-electron chi connectivity index (χ0n) is 10.3. The van der Waals surface area contributed by atoms with Gasteiger partial charge in [0.1, 0.15) is 0 Å². The lowest BCUT2D eigenvalue weighted by Crippen LogP contribution is -2.33. The van der Waals surface area contributed by atoms with Gasteiger partial charge in [-0.2, -0.15) is 0 Å². The molecular weight excluding hydrogens is 270 g/mol. The standard InChI is InChI=1S/C13H18ClNO2S/c14-5-7-17-8-6-15-13(16)11-2-1-3-12-10(11)4-9-18-12/h4,9,11H,1-3,5-8H2,(H,15,16). The van der Waals surface area contributed by atoms with E-state index in [1.54, 1.807) is 11.3 Å². The molecular formula is C13H18ClNO2S. The molecule has 0 aliphatic heterocycles. The summed E-state index contributed by atoms with van der Waals surface area (Å²) in [7, 11) is 0. The summed E-state index contributed by atoms with van der Waals surface area (Å²) in [6.07, 6.45) is 3.18. The lowest BCUT2D eigenvalue weighted by atomic mass is 9.87. The van der Waals surface area contributed by atoms with Crippen LogP contribution < -0.4 is 5.32 Å². The van der Waals surface area contributed by atoms with Crippen LogP contribution in [-0.2, 0) is 16.0 Å². The summed E-state index contributed by atoms with van der Waals surface area (Å²) in [6.45, 7) is 1.63. The molecule has 0 saturated heterocycles. The molecule has 100 valence electrons. The Hall–Kier alpha value is -0.580. The van der Waals surface area contributed by atoms with Crippen molar-refractivity contribution in [2.24, 2.45) is 0 Å². The van der Waals surface area contributed by atoms with Crippen molar-refractivity contribution in [1.29, 1.82) is 0 Å². The molecule has 1 amide bonds. The number of carbonyl (C=O) groups excluding carboxylic acids is 1. The molecule has 1 aliphatic carbocycles. The molecule has 1 aromatic heterocycles. The van der Waals surface area contributed by atoms with Gasteiger partial charge in [0.25, 0.3) is 0 Å². The van der Waals surface area contributed by atoms with E-state index >= 15 is 0 Å². The monoisotopic (exact) mass is 287 g/mol. The second-order valence-corrected chi connectivity index (χ2v) is 5.71. The number of hydrogen-bond donors (Lipinski definition) is 1. The van der Waals surface area contributed by atoms with Crippen LogP contribution in [0.4, 0.5) is 0 Å². The molecule has 1 atom stereocenters. The summed E-state index contributed by atoms with van der Waals surface area (Å²) in [5.74, 6) is 0.659. The van der Waals surface area contributed by atoms with Crippen LogP contribution in [0, 0.1) is 0 Å². The van der Waals surface area contributed by atoms with Crippen LogP contribution in [-0.4, -0.2) is 31.5 Å². The molecule has 2 rings (SSSR count). The van der Waals surface area contributed by atoms with E-state index in [-0.39, 0.29) is 11.8 Å². The zero-order chi connectivity index (χ0) is 12.8. The number of nitrogens with one attached hydrogen (secondary N) is 1. The van der Waals surface area contributed by atoms with Gasteiger partial charge in [0, 0.05) is 17.3 Å². The van der Waals surface area contributed by atoms with Crippen molar-refractivity contribution in [2.45, 2.75) is 25.2 Å². The van der Waals surface area contributed by atoms with E-state index in [2.05, 4.69) is 16.8 Å². The van der Waals surface area contributed by atoms with Crippen molar-refractivity contribution < 1.29 is 9.53 Å². The molecule has 18 heavy (non-hydrogen) atoms. The molecule has 0 bridgehead atoms. The third-order valence-electron chi connectivity index (χ3n) is 3.14. The van der Waals surface area contributed by atoms with Crippen LogP contribution in [0.5, 0.6) is 0 Å². The van der Waals surface area contributed by atoms with Crippen molar-refractivity contribution in [3.8, 4) is 0 Å². The molecule has 0 radical (unpaired) electrons. The Morgan fingerprint density at radius 2 is 2.44 bits per heavy atom. The first-order valence-corrected chi connectivity index (χ1v) is 7.72. The molecule has 5 heteroatoms. The molecule has 1 aromatic rings. The number of thiophene rings is 1. The second-order valence-electron chi connectivity index (χ2n) is 4.34. The Labute approximate surface area is 116 Å². The van der Waals surface area contributed by atoms with Crippen LogP contribution in [0.2, 0.25) is 0 Å². The second kappa shape index (κ2) is 7.12. The molecule has 0 saturated carbocycles. The van der Waals surface area contributed by atoms with Gasteiger partial charge >= 0.3 is 0 Å². The number of fused-ring (bicyclic) bond motifs is 1. The third-order valence-corrected chi connectivity index (χ3v) is 4.29. The Balaban J connectivity index is 1.80. The number of aryl methyl sites for hydroxylation is 1. The highest BCUT2D eigenvalue weighted by molar-refractivity contribution is 7.10. The largest absolute Gasteiger partial charge is 0.378 e. The maximum Gasteiger partial charge on any atom is 0.227 e. The predicted octanol–water partition coefficient (Wildman–Crippen LogP) is 2.54. The van der Waals surface area contributed by atoms with Crippen molar-refractivity contribution in [3.63, 3.8) is 0 Å². The minimum atomic E-state index is 0.0352.